The summed E-state index contributed by atoms with van der Waals surface area (Å²) in [4.78, 5) is 6.99. The van der Waals surface area contributed by atoms with Gasteiger partial charge in [0.15, 0.2) is 0 Å². The highest BCUT2D eigenvalue weighted by atomic mass is 32.2. The van der Waals surface area contributed by atoms with Gasteiger partial charge in [0.1, 0.15) is 0 Å². The molecule has 2 rings (SSSR count). The Morgan fingerprint density at radius 2 is 2.29 bits per heavy atom. The molecule has 4 heteroatoms. The van der Waals surface area contributed by atoms with E-state index in [4.69, 9.17) is 5.73 Å². The number of thioether (sulfide) groups is 1. The molecule has 1 saturated heterocycles. The van der Waals surface area contributed by atoms with Crippen LogP contribution in [0.4, 0.5) is 0 Å². The number of nitrogens with two attached hydrogens (primary N) is 1. The Morgan fingerprint density at radius 1 is 1.47 bits per heavy atom. The van der Waals surface area contributed by atoms with Crippen LogP contribution in [-0.2, 0) is 13.1 Å². The molecule has 0 spiro atoms. The summed E-state index contributed by atoms with van der Waals surface area (Å²) in [6, 6.07) is 4.81. The van der Waals surface area contributed by atoms with Crippen LogP contribution < -0.4 is 5.73 Å². The van der Waals surface area contributed by atoms with E-state index in [0.717, 1.165) is 24.3 Å². The first-order valence-electron chi connectivity index (χ1n) is 6.20. The van der Waals surface area contributed by atoms with Crippen molar-refractivity contribution in [3.63, 3.8) is 0 Å². The zero-order chi connectivity index (χ0) is 12.3. The van der Waals surface area contributed by atoms with Crippen molar-refractivity contribution in [2.45, 2.75) is 38.2 Å². The molecule has 0 bridgehead atoms. The van der Waals surface area contributed by atoms with Crippen LogP contribution in [0.25, 0.3) is 0 Å². The summed E-state index contributed by atoms with van der Waals surface area (Å²) in [5, 5.41) is 0.715. The second kappa shape index (κ2) is 5.85. The molecule has 0 saturated carbocycles. The topological polar surface area (TPSA) is 42.1 Å². The summed E-state index contributed by atoms with van der Waals surface area (Å²) in [6.45, 7) is 7.31. The highest BCUT2D eigenvalue weighted by Crippen LogP contribution is 2.25. The molecule has 2 atom stereocenters. The molecule has 1 aromatic heterocycles. The minimum atomic E-state index is 0.571. The van der Waals surface area contributed by atoms with Crippen molar-refractivity contribution in [2.75, 3.05) is 12.3 Å². The highest BCUT2D eigenvalue weighted by Gasteiger charge is 2.25. The molecule has 0 amide bonds. The Kier molecular flexibility index (Phi) is 4.42. The number of pyridine rings is 1. The largest absolute Gasteiger partial charge is 0.326 e. The molecule has 0 aromatic carbocycles. The SMILES string of the molecule is CC1SCCN(Cc2ccc(CN)cn2)C1C. The lowest BCUT2D eigenvalue weighted by molar-refractivity contribution is 0.202. The first-order valence-corrected chi connectivity index (χ1v) is 7.25. The molecular weight excluding hydrogens is 230 g/mol. The van der Waals surface area contributed by atoms with Gasteiger partial charge in [0.2, 0.25) is 0 Å². The minimum Gasteiger partial charge on any atom is -0.326 e. The second-order valence-electron chi connectivity index (χ2n) is 4.65. The van der Waals surface area contributed by atoms with Crippen molar-refractivity contribution in [3.8, 4) is 0 Å². The van der Waals surface area contributed by atoms with Crippen LogP contribution >= 0.6 is 11.8 Å². The molecular formula is C13H21N3S. The van der Waals surface area contributed by atoms with Gasteiger partial charge in [-0.05, 0) is 18.6 Å². The number of aromatic nitrogens is 1. The summed E-state index contributed by atoms with van der Waals surface area (Å²) < 4.78 is 0. The lowest BCUT2D eigenvalue weighted by Crippen LogP contribution is -2.44. The standard InChI is InChI=1S/C13H21N3S/c1-10-11(2)17-6-5-16(10)9-13-4-3-12(7-14)8-15-13/h3-4,8,10-11H,5-7,9,14H2,1-2H3. The third kappa shape index (κ3) is 3.21. The van der Waals surface area contributed by atoms with E-state index in [1.807, 2.05) is 6.20 Å². The van der Waals surface area contributed by atoms with E-state index in [0.29, 0.717) is 17.8 Å². The van der Waals surface area contributed by atoms with E-state index in [1.165, 1.54) is 5.75 Å². The molecule has 2 N–H and O–H groups in total. The first kappa shape index (κ1) is 12.9. The number of nitrogens with zero attached hydrogens (tertiary/aromatic N) is 2. The number of hydrogen-bond acceptors (Lipinski definition) is 4. The molecule has 0 radical (unpaired) electrons. The molecule has 2 unspecified atom stereocenters. The van der Waals surface area contributed by atoms with Crippen LogP contribution in [-0.4, -0.2) is 33.5 Å². The summed E-state index contributed by atoms with van der Waals surface area (Å²) in [7, 11) is 0. The molecule has 2 heterocycles. The third-order valence-electron chi connectivity index (χ3n) is 3.50. The first-order chi connectivity index (χ1) is 8.20. The van der Waals surface area contributed by atoms with E-state index in [1.54, 1.807) is 0 Å². The van der Waals surface area contributed by atoms with E-state index < -0.39 is 0 Å². The van der Waals surface area contributed by atoms with Crippen LogP contribution in [0, 0.1) is 0 Å². The van der Waals surface area contributed by atoms with Gasteiger partial charge in [-0.25, -0.2) is 0 Å². The molecule has 17 heavy (non-hydrogen) atoms. The Labute approximate surface area is 108 Å². The van der Waals surface area contributed by atoms with Crippen molar-refractivity contribution in [2.24, 2.45) is 5.73 Å². The summed E-state index contributed by atoms with van der Waals surface area (Å²) in [5.74, 6) is 1.23. The van der Waals surface area contributed by atoms with Crippen molar-refractivity contribution >= 4 is 11.8 Å². The number of rotatable bonds is 3. The summed E-state index contributed by atoms with van der Waals surface area (Å²) >= 11 is 2.07. The summed E-state index contributed by atoms with van der Waals surface area (Å²) in [5.41, 5.74) is 7.82. The average molecular weight is 251 g/mol. The highest BCUT2D eigenvalue weighted by molar-refractivity contribution is 8.00. The zero-order valence-electron chi connectivity index (χ0n) is 10.6. The van der Waals surface area contributed by atoms with Gasteiger partial charge in [-0.1, -0.05) is 13.0 Å². The third-order valence-corrected chi connectivity index (χ3v) is 4.84. The Bertz CT molecular complexity index is 352. The van der Waals surface area contributed by atoms with E-state index in [2.05, 4.69) is 47.6 Å². The molecule has 3 nitrogen and oxygen atoms in total. The maximum atomic E-state index is 5.57. The zero-order valence-corrected chi connectivity index (χ0v) is 11.4. The molecule has 0 aliphatic carbocycles. The van der Waals surface area contributed by atoms with Gasteiger partial charge in [0, 0.05) is 42.9 Å². The Hall–Kier alpha value is -0.580. The quantitative estimate of drug-likeness (QED) is 0.890. The fourth-order valence-corrected chi connectivity index (χ4v) is 3.26. The second-order valence-corrected chi connectivity index (χ2v) is 6.13. The lowest BCUT2D eigenvalue weighted by Gasteiger charge is -2.37. The van der Waals surface area contributed by atoms with Gasteiger partial charge in [0.05, 0.1) is 5.69 Å². The average Bonchev–Trinajstić information content (AvgIpc) is 2.36. The molecule has 1 aliphatic rings. The fourth-order valence-electron chi connectivity index (χ4n) is 2.10. The van der Waals surface area contributed by atoms with Crippen LogP contribution in [0.3, 0.4) is 0 Å². The van der Waals surface area contributed by atoms with Gasteiger partial charge < -0.3 is 5.73 Å². The fraction of sp³-hybridized carbons (Fsp3) is 0.615. The predicted octanol–water partition coefficient (Wildman–Crippen LogP) is 1.87. The molecule has 1 aliphatic heterocycles. The van der Waals surface area contributed by atoms with E-state index in [9.17, 15) is 0 Å². The smallest absolute Gasteiger partial charge is 0.0544 e. The monoisotopic (exact) mass is 251 g/mol. The Morgan fingerprint density at radius 3 is 2.94 bits per heavy atom. The molecule has 94 valence electrons. The van der Waals surface area contributed by atoms with Gasteiger partial charge >= 0.3 is 0 Å². The van der Waals surface area contributed by atoms with Crippen LogP contribution in [0.2, 0.25) is 0 Å². The van der Waals surface area contributed by atoms with Gasteiger partial charge in [-0.2, -0.15) is 11.8 Å². The van der Waals surface area contributed by atoms with Crippen molar-refractivity contribution in [1.29, 1.82) is 0 Å². The van der Waals surface area contributed by atoms with Gasteiger partial charge in [-0.3, -0.25) is 9.88 Å². The van der Waals surface area contributed by atoms with E-state index in [-0.39, 0.29) is 0 Å². The van der Waals surface area contributed by atoms with Crippen LogP contribution in [0.5, 0.6) is 0 Å². The van der Waals surface area contributed by atoms with E-state index >= 15 is 0 Å². The Balaban J connectivity index is 1.99. The van der Waals surface area contributed by atoms with Crippen molar-refractivity contribution < 1.29 is 0 Å². The van der Waals surface area contributed by atoms with Crippen molar-refractivity contribution in [1.82, 2.24) is 9.88 Å². The maximum Gasteiger partial charge on any atom is 0.0544 e. The normalized spacial score (nSPS) is 26.1. The summed E-state index contributed by atoms with van der Waals surface area (Å²) in [6.07, 6.45) is 1.89. The predicted molar refractivity (Wildman–Crippen MR) is 73.9 cm³/mol. The number of hydrogen-bond donors (Lipinski definition) is 1. The van der Waals surface area contributed by atoms with Gasteiger partial charge in [0.25, 0.3) is 0 Å². The maximum absolute atomic E-state index is 5.57. The van der Waals surface area contributed by atoms with Crippen LogP contribution in [0.15, 0.2) is 18.3 Å². The van der Waals surface area contributed by atoms with Gasteiger partial charge in [-0.15, -0.1) is 0 Å². The lowest BCUT2D eigenvalue weighted by atomic mass is 10.2. The van der Waals surface area contributed by atoms with Crippen molar-refractivity contribution in [3.05, 3.63) is 29.6 Å². The molecule has 1 fully saturated rings. The van der Waals surface area contributed by atoms with Crippen LogP contribution in [0.1, 0.15) is 25.1 Å². The molecule has 1 aromatic rings. The minimum absolute atomic E-state index is 0.571.